The van der Waals surface area contributed by atoms with E-state index in [-0.39, 0.29) is 30.3 Å². The van der Waals surface area contributed by atoms with Crippen molar-refractivity contribution in [3.63, 3.8) is 0 Å². The van der Waals surface area contributed by atoms with E-state index >= 15 is 0 Å². The van der Waals surface area contributed by atoms with Gasteiger partial charge in [-0.3, -0.25) is 9.59 Å². The summed E-state index contributed by atoms with van der Waals surface area (Å²) < 4.78 is 7.27. The predicted octanol–water partition coefficient (Wildman–Crippen LogP) is 1.88. The van der Waals surface area contributed by atoms with Gasteiger partial charge in [-0.15, -0.1) is 0 Å². The zero-order valence-corrected chi connectivity index (χ0v) is 17.1. The maximum atomic E-state index is 13.2. The minimum atomic E-state index is -0.280. The molecule has 1 aliphatic heterocycles. The van der Waals surface area contributed by atoms with Crippen molar-refractivity contribution in [1.29, 1.82) is 0 Å². The van der Waals surface area contributed by atoms with E-state index in [2.05, 4.69) is 15.1 Å². The first kappa shape index (κ1) is 19.6. The molecule has 2 aliphatic rings. The third-order valence-corrected chi connectivity index (χ3v) is 6.06. The van der Waals surface area contributed by atoms with Crippen molar-refractivity contribution in [3.05, 3.63) is 29.9 Å². The van der Waals surface area contributed by atoms with Crippen LogP contribution in [-0.4, -0.2) is 60.9 Å². The van der Waals surface area contributed by atoms with Crippen LogP contribution in [0.2, 0.25) is 0 Å². The fourth-order valence-corrected chi connectivity index (χ4v) is 4.37. The van der Waals surface area contributed by atoms with Crippen LogP contribution in [0.15, 0.2) is 16.9 Å². The number of imidazole rings is 1. The highest BCUT2D eigenvalue weighted by Gasteiger charge is 2.37. The molecule has 1 saturated carbocycles. The number of carbonyl (C=O) groups is 2. The van der Waals surface area contributed by atoms with Crippen LogP contribution < -0.4 is 0 Å². The molecule has 0 N–H and O–H groups in total. The summed E-state index contributed by atoms with van der Waals surface area (Å²) in [5.41, 5.74) is 0. The van der Waals surface area contributed by atoms with Crippen molar-refractivity contribution < 1.29 is 14.1 Å². The number of hydrogen-bond donors (Lipinski definition) is 0. The van der Waals surface area contributed by atoms with Crippen molar-refractivity contribution in [1.82, 2.24) is 29.5 Å². The minimum Gasteiger partial charge on any atom is -0.339 e. The average molecular weight is 400 g/mol. The Morgan fingerprint density at radius 3 is 2.59 bits per heavy atom. The summed E-state index contributed by atoms with van der Waals surface area (Å²) >= 11 is 0. The van der Waals surface area contributed by atoms with Gasteiger partial charge in [0, 0.05) is 37.9 Å². The molecular weight excluding hydrogens is 372 g/mol. The Labute approximate surface area is 170 Å². The molecule has 9 heteroatoms. The Morgan fingerprint density at radius 1 is 1.14 bits per heavy atom. The molecule has 29 heavy (non-hydrogen) atoms. The van der Waals surface area contributed by atoms with E-state index in [4.69, 9.17) is 4.52 Å². The summed E-state index contributed by atoms with van der Waals surface area (Å²) in [4.78, 5) is 38.4. The molecule has 3 heterocycles. The number of nitrogens with zero attached hydrogens (tertiary/aromatic N) is 6. The molecule has 2 aromatic heterocycles. The molecule has 0 radical (unpaired) electrons. The summed E-state index contributed by atoms with van der Waals surface area (Å²) in [6, 6.07) is -0.280. The van der Waals surface area contributed by atoms with E-state index in [1.54, 1.807) is 13.1 Å². The van der Waals surface area contributed by atoms with Crippen molar-refractivity contribution in [2.24, 2.45) is 5.92 Å². The molecule has 1 atom stereocenters. The van der Waals surface area contributed by atoms with Gasteiger partial charge in [0.15, 0.2) is 5.82 Å². The Balaban J connectivity index is 1.51. The molecule has 0 spiro atoms. The summed E-state index contributed by atoms with van der Waals surface area (Å²) in [6.45, 7) is 5.45. The Kier molecular flexibility index (Phi) is 5.64. The Bertz CT molecular complexity index is 869. The maximum absolute atomic E-state index is 13.2. The van der Waals surface area contributed by atoms with Crippen LogP contribution in [0.1, 0.15) is 55.7 Å². The molecule has 0 bridgehead atoms. The minimum absolute atomic E-state index is 0.0294. The second kappa shape index (κ2) is 8.34. The van der Waals surface area contributed by atoms with Gasteiger partial charge in [0.2, 0.25) is 17.7 Å². The van der Waals surface area contributed by atoms with E-state index in [0.717, 1.165) is 31.5 Å². The van der Waals surface area contributed by atoms with Crippen molar-refractivity contribution >= 4 is 11.8 Å². The summed E-state index contributed by atoms with van der Waals surface area (Å²) in [6.07, 6.45) is 8.18. The third kappa shape index (κ3) is 4.18. The van der Waals surface area contributed by atoms with Gasteiger partial charge >= 0.3 is 0 Å². The monoisotopic (exact) mass is 400 g/mol. The van der Waals surface area contributed by atoms with Gasteiger partial charge in [-0.1, -0.05) is 18.0 Å². The van der Waals surface area contributed by atoms with Crippen LogP contribution in [0.3, 0.4) is 0 Å². The molecule has 156 valence electrons. The molecular formula is C20H28N6O3. The molecule has 2 fully saturated rings. The quantitative estimate of drug-likeness (QED) is 0.777. The second-order valence-corrected chi connectivity index (χ2v) is 7.98. The lowest BCUT2D eigenvalue weighted by Crippen LogP contribution is -2.41. The Morgan fingerprint density at radius 2 is 1.93 bits per heavy atom. The first-order chi connectivity index (χ1) is 14.0. The largest absolute Gasteiger partial charge is 0.339 e. The first-order valence-electron chi connectivity index (χ1n) is 10.4. The highest BCUT2D eigenvalue weighted by Crippen LogP contribution is 2.32. The van der Waals surface area contributed by atoms with Crippen LogP contribution in [0.4, 0.5) is 0 Å². The number of hydrogen-bond acceptors (Lipinski definition) is 6. The van der Waals surface area contributed by atoms with E-state index < -0.39 is 0 Å². The molecule has 1 aliphatic carbocycles. The summed E-state index contributed by atoms with van der Waals surface area (Å²) in [7, 11) is 0. The highest BCUT2D eigenvalue weighted by molar-refractivity contribution is 5.80. The number of rotatable bonds is 4. The molecule has 1 saturated heterocycles. The van der Waals surface area contributed by atoms with E-state index in [1.165, 1.54) is 0 Å². The van der Waals surface area contributed by atoms with E-state index in [0.29, 0.717) is 37.8 Å². The maximum Gasteiger partial charge on any atom is 0.249 e. The number of aromatic nitrogens is 4. The average Bonchev–Trinajstić information content (AvgIpc) is 3.43. The number of carbonyl (C=O) groups excluding carboxylic acids is 2. The van der Waals surface area contributed by atoms with Crippen LogP contribution in [-0.2, 0) is 16.1 Å². The van der Waals surface area contributed by atoms with Crippen LogP contribution in [0, 0.1) is 19.8 Å². The molecule has 1 unspecified atom stereocenters. The standard InChI is InChI=1S/C20H28N6O3/c1-14-22-19(29-23-14)17-7-9-24(18(27)13-25-10-8-21-15(25)2)11-12-26(17)20(28)16-5-3-4-6-16/h8,10,16-17H,3-7,9,11-13H2,1-2H3. The summed E-state index contributed by atoms with van der Waals surface area (Å²) in [5, 5.41) is 3.91. The van der Waals surface area contributed by atoms with Crippen LogP contribution >= 0.6 is 0 Å². The van der Waals surface area contributed by atoms with Crippen LogP contribution in [0.25, 0.3) is 0 Å². The van der Waals surface area contributed by atoms with Crippen molar-refractivity contribution in [2.45, 2.75) is 58.5 Å². The number of amides is 2. The molecule has 4 rings (SSSR count). The van der Waals surface area contributed by atoms with Crippen molar-refractivity contribution in [2.75, 3.05) is 19.6 Å². The van der Waals surface area contributed by atoms with Gasteiger partial charge in [0.05, 0.1) is 0 Å². The molecule has 9 nitrogen and oxygen atoms in total. The second-order valence-electron chi connectivity index (χ2n) is 7.98. The number of aryl methyl sites for hydroxylation is 2. The van der Waals surface area contributed by atoms with Gasteiger partial charge in [0.1, 0.15) is 18.4 Å². The topological polar surface area (TPSA) is 97.4 Å². The summed E-state index contributed by atoms with van der Waals surface area (Å²) in [5.74, 6) is 2.09. The molecule has 2 amide bonds. The predicted molar refractivity (Wildman–Crippen MR) is 104 cm³/mol. The van der Waals surface area contributed by atoms with E-state index in [1.807, 2.05) is 27.5 Å². The van der Waals surface area contributed by atoms with Crippen LogP contribution in [0.5, 0.6) is 0 Å². The van der Waals surface area contributed by atoms with Gasteiger partial charge in [0.25, 0.3) is 0 Å². The normalized spacial score (nSPS) is 20.8. The fraction of sp³-hybridized carbons (Fsp3) is 0.650. The lowest BCUT2D eigenvalue weighted by Gasteiger charge is -2.29. The van der Waals surface area contributed by atoms with Gasteiger partial charge < -0.3 is 18.9 Å². The van der Waals surface area contributed by atoms with Gasteiger partial charge in [-0.2, -0.15) is 4.98 Å². The Hall–Kier alpha value is -2.71. The first-order valence-corrected chi connectivity index (χ1v) is 10.4. The zero-order chi connectivity index (χ0) is 20.4. The SMILES string of the molecule is Cc1noc(C2CCN(C(=O)Cn3ccnc3C)CCN2C(=O)C2CCCC2)n1. The molecule has 0 aromatic carbocycles. The lowest BCUT2D eigenvalue weighted by atomic mass is 10.0. The van der Waals surface area contributed by atoms with E-state index in [9.17, 15) is 9.59 Å². The smallest absolute Gasteiger partial charge is 0.249 e. The molecule has 2 aromatic rings. The fourth-order valence-electron chi connectivity index (χ4n) is 4.37. The third-order valence-electron chi connectivity index (χ3n) is 6.06. The van der Waals surface area contributed by atoms with Gasteiger partial charge in [-0.25, -0.2) is 4.98 Å². The van der Waals surface area contributed by atoms with Gasteiger partial charge in [-0.05, 0) is 33.1 Å². The zero-order valence-electron chi connectivity index (χ0n) is 17.1. The van der Waals surface area contributed by atoms with Crippen molar-refractivity contribution in [3.8, 4) is 0 Å². The lowest BCUT2D eigenvalue weighted by molar-refractivity contribution is -0.139. The highest BCUT2D eigenvalue weighted by atomic mass is 16.5.